The van der Waals surface area contributed by atoms with E-state index in [4.69, 9.17) is 5.73 Å². The minimum absolute atomic E-state index is 0.590. The molecule has 1 aliphatic heterocycles. The van der Waals surface area contributed by atoms with Crippen molar-refractivity contribution in [1.29, 1.82) is 0 Å². The van der Waals surface area contributed by atoms with Crippen LogP contribution in [-0.4, -0.2) is 56.7 Å². The number of hydrogen-bond acceptors (Lipinski definition) is 3. The summed E-state index contributed by atoms with van der Waals surface area (Å²) in [6.45, 7) is 11.6. The highest BCUT2D eigenvalue weighted by Gasteiger charge is 2.16. The maximum absolute atomic E-state index is 5.85. The summed E-state index contributed by atoms with van der Waals surface area (Å²) in [4.78, 5) is 9.41. The molecule has 1 fully saturated rings. The van der Waals surface area contributed by atoms with E-state index in [2.05, 4.69) is 58.2 Å². The van der Waals surface area contributed by atoms with Crippen LogP contribution in [-0.2, 0) is 0 Å². The molecule has 1 aromatic rings. The van der Waals surface area contributed by atoms with Gasteiger partial charge in [0.1, 0.15) is 0 Å². The summed E-state index contributed by atoms with van der Waals surface area (Å²) in [6, 6.07) is 8.79. The molecule has 0 bridgehead atoms. The first-order valence-corrected chi connectivity index (χ1v) is 9.27. The van der Waals surface area contributed by atoms with Gasteiger partial charge < -0.3 is 16.0 Å². The Labute approximate surface area is 146 Å². The topological polar surface area (TPSA) is 56.9 Å². The van der Waals surface area contributed by atoms with Crippen LogP contribution in [0.3, 0.4) is 0 Å². The number of guanidine groups is 1. The lowest BCUT2D eigenvalue weighted by Crippen LogP contribution is -2.46. The molecule has 5 heteroatoms. The molecule has 134 valence electrons. The van der Waals surface area contributed by atoms with E-state index >= 15 is 0 Å². The highest BCUT2D eigenvalue weighted by molar-refractivity contribution is 5.77. The number of aryl methyl sites for hydroxylation is 1. The first kappa shape index (κ1) is 18.6. The third-order valence-electron chi connectivity index (χ3n) is 4.49. The summed E-state index contributed by atoms with van der Waals surface area (Å²) in [6.07, 6.45) is 3.39. The van der Waals surface area contributed by atoms with Gasteiger partial charge in [-0.2, -0.15) is 0 Å². The normalized spacial score (nSPS) is 16.4. The van der Waals surface area contributed by atoms with Gasteiger partial charge in [-0.1, -0.05) is 25.5 Å². The summed E-state index contributed by atoms with van der Waals surface area (Å²) in [5.41, 5.74) is 8.53. The van der Waals surface area contributed by atoms with Gasteiger partial charge in [0.2, 0.25) is 0 Å². The van der Waals surface area contributed by atoms with Crippen molar-refractivity contribution in [3.63, 3.8) is 0 Å². The van der Waals surface area contributed by atoms with Crippen LogP contribution in [0.15, 0.2) is 29.3 Å². The largest absolute Gasteiger partial charge is 0.370 e. The summed E-state index contributed by atoms with van der Waals surface area (Å²) >= 11 is 0. The zero-order valence-electron chi connectivity index (χ0n) is 15.3. The van der Waals surface area contributed by atoms with Gasteiger partial charge in [0, 0.05) is 51.5 Å². The second-order valence-electron chi connectivity index (χ2n) is 6.57. The SMILES string of the molecule is CCCCNC(N)=NCCCN1CCN(c2cccc(C)c2)CC1. The van der Waals surface area contributed by atoms with Crippen molar-refractivity contribution < 1.29 is 0 Å². The van der Waals surface area contributed by atoms with Crippen LogP contribution in [0.4, 0.5) is 5.69 Å². The molecular formula is C19H33N5. The van der Waals surface area contributed by atoms with Gasteiger partial charge in [0.05, 0.1) is 0 Å². The molecule has 0 radical (unpaired) electrons. The third-order valence-corrected chi connectivity index (χ3v) is 4.49. The fourth-order valence-corrected chi connectivity index (χ4v) is 3.00. The molecule has 5 nitrogen and oxygen atoms in total. The van der Waals surface area contributed by atoms with Crippen molar-refractivity contribution in [1.82, 2.24) is 10.2 Å². The maximum Gasteiger partial charge on any atom is 0.188 e. The number of unbranched alkanes of at least 4 members (excludes halogenated alkanes) is 1. The number of benzene rings is 1. The molecule has 2 rings (SSSR count). The van der Waals surface area contributed by atoms with E-state index in [1.807, 2.05) is 0 Å². The van der Waals surface area contributed by atoms with Gasteiger partial charge in [-0.05, 0) is 37.5 Å². The average molecular weight is 332 g/mol. The van der Waals surface area contributed by atoms with Crippen molar-refractivity contribution >= 4 is 11.6 Å². The second kappa shape index (κ2) is 10.2. The number of nitrogens with two attached hydrogens (primary N) is 1. The van der Waals surface area contributed by atoms with E-state index in [1.54, 1.807) is 0 Å². The Bertz CT molecular complexity index is 506. The van der Waals surface area contributed by atoms with E-state index in [1.165, 1.54) is 17.7 Å². The lowest BCUT2D eigenvalue weighted by Gasteiger charge is -2.36. The Balaban J connectivity index is 1.62. The van der Waals surface area contributed by atoms with Crippen LogP contribution in [0.25, 0.3) is 0 Å². The van der Waals surface area contributed by atoms with E-state index in [0.717, 1.165) is 58.7 Å². The summed E-state index contributed by atoms with van der Waals surface area (Å²) in [7, 11) is 0. The van der Waals surface area contributed by atoms with E-state index in [-0.39, 0.29) is 0 Å². The van der Waals surface area contributed by atoms with Crippen LogP contribution in [0.2, 0.25) is 0 Å². The molecule has 1 saturated heterocycles. The van der Waals surface area contributed by atoms with Gasteiger partial charge in [-0.3, -0.25) is 9.89 Å². The number of piperazine rings is 1. The lowest BCUT2D eigenvalue weighted by molar-refractivity contribution is 0.256. The van der Waals surface area contributed by atoms with Gasteiger partial charge >= 0.3 is 0 Å². The van der Waals surface area contributed by atoms with Crippen molar-refractivity contribution in [2.45, 2.75) is 33.1 Å². The van der Waals surface area contributed by atoms with Crippen molar-refractivity contribution in [3.8, 4) is 0 Å². The molecule has 1 heterocycles. The first-order valence-electron chi connectivity index (χ1n) is 9.27. The molecule has 3 N–H and O–H groups in total. The van der Waals surface area contributed by atoms with E-state index in [0.29, 0.717) is 5.96 Å². The molecule has 0 aromatic heterocycles. The molecule has 0 atom stereocenters. The van der Waals surface area contributed by atoms with Crippen LogP contribution >= 0.6 is 0 Å². The van der Waals surface area contributed by atoms with Gasteiger partial charge in [0.15, 0.2) is 5.96 Å². The monoisotopic (exact) mass is 331 g/mol. The fraction of sp³-hybridized carbons (Fsp3) is 0.632. The number of nitrogens with zero attached hydrogens (tertiary/aromatic N) is 3. The quantitative estimate of drug-likeness (QED) is 0.436. The highest BCUT2D eigenvalue weighted by Crippen LogP contribution is 2.17. The predicted octanol–water partition coefficient (Wildman–Crippen LogP) is 2.21. The van der Waals surface area contributed by atoms with Gasteiger partial charge in [-0.25, -0.2) is 0 Å². The van der Waals surface area contributed by atoms with Gasteiger partial charge in [-0.15, -0.1) is 0 Å². The standard InChI is InChI=1S/C19H33N5/c1-3-4-9-21-19(20)22-10-6-11-23-12-14-24(15-13-23)18-8-5-7-17(2)16-18/h5,7-8,16H,3-4,6,9-15H2,1-2H3,(H3,20,21,22). The molecule has 1 aliphatic rings. The van der Waals surface area contributed by atoms with Gasteiger partial charge in [0.25, 0.3) is 0 Å². The molecule has 0 saturated carbocycles. The number of rotatable bonds is 8. The van der Waals surface area contributed by atoms with Crippen molar-refractivity contribution in [2.75, 3.05) is 50.7 Å². The highest BCUT2D eigenvalue weighted by atomic mass is 15.3. The molecule has 24 heavy (non-hydrogen) atoms. The minimum atomic E-state index is 0.590. The summed E-state index contributed by atoms with van der Waals surface area (Å²) < 4.78 is 0. The van der Waals surface area contributed by atoms with Crippen LogP contribution in [0.5, 0.6) is 0 Å². The number of nitrogens with one attached hydrogen (secondary N) is 1. The molecule has 0 amide bonds. The Morgan fingerprint density at radius 1 is 1.21 bits per heavy atom. The third kappa shape index (κ3) is 6.40. The second-order valence-corrected chi connectivity index (χ2v) is 6.57. The smallest absolute Gasteiger partial charge is 0.188 e. The molecule has 1 aromatic carbocycles. The zero-order valence-corrected chi connectivity index (χ0v) is 15.3. The number of anilines is 1. The fourth-order valence-electron chi connectivity index (χ4n) is 3.00. The maximum atomic E-state index is 5.85. The Morgan fingerprint density at radius 2 is 2.00 bits per heavy atom. The number of hydrogen-bond donors (Lipinski definition) is 2. The van der Waals surface area contributed by atoms with E-state index < -0.39 is 0 Å². The van der Waals surface area contributed by atoms with Crippen LogP contribution < -0.4 is 16.0 Å². The minimum Gasteiger partial charge on any atom is -0.370 e. The number of aliphatic imine (C=N–C) groups is 1. The molecule has 0 unspecified atom stereocenters. The Morgan fingerprint density at radius 3 is 2.71 bits per heavy atom. The zero-order chi connectivity index (χ0) is 17.2. The van der Waals surface area contributed by atoms with E-state index in [9.17, 15) is 0 Å². The first-order chi connectivity index (χ1) is 11.7. The summed E-state index contributed by atoms with van der Waals surface area (Å²) in [5, 5.41) is 3.16. The molecular weight excluding hydrogens is 298 g/mol. The molecule has 0 aliphatic carbocycles. The average Bonchev–Trinajstić information content (AvgIpc) is 2.59. The lowest BCUT2D eigenvalue weighted by atomic mass is 10.2. The van der Waals surface area contributed by atoms with Crippen LogP contribution in [0, 0.1) is 6.92 Å². The van der Waals surface area contributed by atoms with Crippen molar-refractivity contribution in [2.24, 2.45) is 10.7 Å². The molecule has 0 spiro atoms. The Hall–Kier alpha value is -1.75. The van der Waals surface area contributed by atoms with Crippen LogP contribution in [0.1, 0.15) is 31.7 Å². The Kier molecular flexibility index (Phi) is 7.89. The van der Waals surface area contributed by atoms with Crippen molar-refractivity contribution in [3.05, 3.63) is 29.8 Å². The summed E-state index contributed by atoms with van der Waals surface area (Å²) in [5.74, 6) is 0.590. The predicted molar refractivity (Wildman–Crippen MR) is 104 cm³/mol.